The lowest BCUT2D eigenvalue weighted by Crippen LogP contribution is -2.48. The number of nitrogens with zero attached hydrogens (tertiary/aromatic N) is 3. The summed E-state index contributed by atoms with van der Waals surface area (Å²) < 4.78 is 1.94. The summed E-state index contributed by atoms with van der Waals surface area (Å²) in [5.74, 6) is 0.947. The number of anilines is 1. The quantitative estimate of drug-likeness (QED) is 0.379. The number of hydrogen-bond acceptors (Lipinski definition) is 5. The third kappa shape index (κ3) is 2.08. The van der Waals surface area contributed by atoms with Gasteiger partial charge in [0.05, 0.1) is 4.92 Å². The normalized spacial score (nSPS) is 16.5. The monoisotopic (exact) mass is 309 g/mol. The lowest BCUT2D eigenvalue weighted by molar-refractivity contribution is -0.674. The summed E-state index contributed by atoms with van der Waals surface area (Å²) in [4.78, 5) is 18.3. The van der Waals surface area contributed by atoms with Crippen molar-refractivity contribution in [3.63, 3.8) is 0 Å². The van der Waals surface area contributed by atoms with E-state index < -0.39 is 11.1 Å². The molecular formula is C15H13N6O2+. The van der Waals surface area contributed by atoms with E-state index in [1.807, 2.05) is 28.8 Å². The van der Waals surface area contributed by atoms with Crippen LogP contribution in [0.1, 0.15) is 11.7 Å². The molecule has 2 aromatic carbocycles. The van der Waals surface area contributed by atoms with Gasteiger partial charge in [-0.15, -0.1) is 0 Å². The first-order chi connectivity index (χ1) is 11.1. The number of non-ortho nitro benzene ring substituents is 1. The number of nitro benzene ring substituents is 1. The maximum atomic E-state index is 11.0. The van der Waals surface area contributed by atoms with Crippen LogP contribution in [0.15, 0.2) is 53.5 Å². The molecule has 0 amide bonds. The molecule has 0 bridgehead atoms. The number of aromatic amines is 1. The fraction of sp³-hybridized carbons (Fsp3) is 0.0667. The van der Waals surface area contributed by atoms with Gasteiger partial charge in [-0.1, -0.05) is 24.3 Å². The molecular weight excluding hydrogens is 296 g/mol. The number of guanidine groups is 1. The van der Waals surface area contributed by atoms with Crippen LogP contribution < -0.4 is 15.6 Å². The topological polar surface area (TPSA) is 113 Å². The second-order valence-corrected chi connectivity index (χ2v) is 5.23. The number of nitrogens with one attached hydrogen (secondary N) is 2. The highest BCUT2D eigenvalue weighted by molar-refractivity contribution is 5.92. The smallest absolute Gasteiger partial charge is 0.357 e. The van der Waals surface area contributed by atoms with E-state index in [9.17, 15) is 10.1 Å². The maximum absolute atomic E-state index is 11.0. The minimum Gasteiger partial charge on any atom is -0.357 e. The van der Waals surface area contributed by atoms with Gasteiger partial charge in [0.15, 0.2) is 0 Å². The van der Waals surface area contributed by atoms with Gasteiger partial charge in [-0.05, 0) is 12.1 Å². The molecule has 0 saturated heterocycles. The summed E-state index contributed by atoms with van der Waals surface area (Å²) in [6.45, 7) is 0. The Bertz CT molecular complexity index is 962. The first kappa shape index (κ1) is 13.3. The van der Waals surface area contributed by atoms with E-state index in [4.69, 9.17) is 5.73 Å². The second kappa shape index (κ2) is 4.80. The molecule has 8 nitrogen and oxygen atoms in total. The summed E-state index contributed by atoms with van der Waals surface area (Å²) in [5.41, 5.74) is 8.45. The first-order valence-electron chi connectivity index (χ1n) is 7.00. The van der Waals surface area contributed by atoms with Gasteiger partial charge in [0.25, 0.3) is 11.6 Å². The van der Waals surface area contributed by atoms with E-state index in [2.05, 4.69) is 15.3 Å². The SMILES string of the molecule is NC1=N[C@H](c2cccc([N+](=O)[O-])c2)[n+]2c([nH]c3ccccc32)N1. The number of aromatic nitrogens is 2. The molecule has 8 heteroatoms. The van der Waals surface area contributed by atoms with Gasteiger partial charge in [0.2, 0.25) is 6.17 Å². The average Bonchev–Trinajstić information content (AvgIpc) is 2.92. The molecule has 114 valence electrons. The molecule has 3 aromatic rings. The molecule has 1 aliphatic heterocycles. The molecule has 1 aromatic heterocycles. The van der Waals surface area contributed by atoms with E-state index >= 15 is 0 Å². The van der Waals surface area contributed by atoms with Gasteiger partial charge in [0, 0.05) is 17.7 Å². The molecule has 4 rings (SSSR count). The van der Waals surface area contributed by atoms with Gasteiger partial charge in [-0.2, -0.15) is 4.99 Å². The molecule has 0 spiro atoms. The summed E-state index contributed by atoms with van der Waals surface area (Å²) in [7, 11) is 0. The van der Waals surface area contributed by atoms with Crippen LogP contribution >= 0.6 is 0 Å². The maximum Gasteiger partial charge on any atom is 0.365 e. The van der Waals surface area contributed by atoms with Crippen molar-refractivity contribution in [1.82, 2.24) is 4.98 Å². The van der Waals surface area contributed by atoms with E-state index in [0.717, 1.165) is 11.0 Å². The van der Waals surface area contributed by atoms with Crippen LogP contribution in [0.4, 0.5) is 11.6 Å². The number of rotatable bonds is 2. The number of hydrogen-bond donors (Lipinski definition) is 3. The number of H-pyrrole nitrogens is 1. The zero-order valence-corrected chi connectivity index (χ0v) is 11.9. The third-order valence-electron chi connectivity index (χ3n) is 3.79. The van der Waals surface area contributed by atoms with E-state index in [1.54, 1.807) is 12.1 Å². The van der Waals surface area contributed by atoms with Crippen molar-refractivity contribution in [3.05, 3.63) is 64.2 Å². The van der Waals surface area contributed by atoms with Crippen molar-refractivity contribution < 1.29 is 9.49 Å². The van der Waals surface area contributed by atoms with Crippen molar-refractivity contribution in [3.8, 4) is 0 Å². The molecule has 2 heterocycles. The molecule has 23 heavy (non-hydrogen) atoms. The Balaban J connectivity index is 1.93. The fourth-order valence-corrected chi connectivity index (χ4v) is 2.81. The number of nitrogens with two attached hydrogens (primary N) is 1. The van der Waals surface area contributed by atoms with Crippen molar-refractivity contribution in [2.45, 2.75) is 6.17 Å². The Hall–Kier alpha value is -3.42. The van der Waals surface area contributed by atoms with Gasteiger partial charge in [-0.3, -0.25) is 10.1 Å². The predicted molar refractivity (Wildman–Crippen MR) is 85.0 cm³/mol. The average molecular weight is 309 g/mol. The Morgan fingerprint density at radius 1 is 1.22 bits per heavy atom. The van der Waals surface area contributed by atoms with E-state index in [1.165, 1.54) is 12.1 Å². The number of para-hydroxylation sites is 2. The van der Waals surface area contributed by atoms with Gasteiger partial charge < -0.3 is 5.73 Å². The van der Waals surface area contributed by atoms with Gasteiger partial charge >= 0.3 is 5.95 Å². The highest BCUT2D eigenvalue weighted by Gasteiger charge is 2.31. The van der Waals surface area contributed by atoms with E-state index in [-0.39, 0.29) is 11.6 Å². The molecule has 1 aliphatic rings. The summed E-state index contributed by atoms with van der Waals surface area (Å²) in [5, 5.41) is 14.0. The molecule has 1 atom stereocenters. The van der Waals surface area contributed by atoms with Crippen LogP contribution in [0.2, 0.25) is 0 Å². The van der Waals surface area contributed by atoms with Crippen LogP contribution in [0.5, 0.6) is 0 Å². The Labute approximate surface area is 130 Å². The number of nitro groups is 1. The summed E-state index contributed by atoms with van der Waals surface area (Å²) in [6.07, 6.45) is -0.470. The number of aliphatic imine (C=N–C) groups is 1. The van der Waals surface area contributed by atoms with Crippen molar-refractivity contribution in [1.29, 1.82) is 0 Å². The first-order valence-corrected chi connectivity index (χ1v) is 7.00. The van der Waals surface area contributed by atoms with Gasteiger partial charge in [-0.25, -0.2) is 14.9 Å². The van der Waals surface area contributed by atoms with E-state index in [0.29, 0.717) is 11.5 Å². The number of imidazole rings is 1. The van der Waals surface area contributed by atoms with Crippen LogP contribution in [-0.4, -0.2) is 15.9 Å². The summed E-state index contributed by atoms with van der Waals surface area (Å²) in [6, 6.07) is 14.2. The highest BCUT2D eigenvalue weighted by atomic mass is 16.6. The van der Waals surface area contributed by atoms with Crippen LogP contribution in [0.3, 0.4) is 0 Å². The van der Waals surface area contributed by atoms with Gasteiger partial charge in [0.1, 0.15) is 11.0 Å². The Morgan fingerprint density at radius 3 is 2.87 bits per heavy atom. The zero-order valence-electron chi connectivity index (χ0n) is 11.9. The van der Waals surface area contributed by atoms with Crippen molar-refractivity contribution in [2.24, 2.45) is 10.7 Å². The van der Waals surface area contributed by atoms with Crippen LogP contribution in [0, 0.1) is 10.1 Å². The molecule has 0 saturated carbocycles. The Kier molecular flexibility index (Phi) is 2.77. The highest BCUT2D eigenvalue weighted by Crippen LogP contribution is 2.26. The molecule has 0 radical (unpaired) electrons. The van der Waals surface area contributed by atoms with Crippen LogP contribution in [-0.2, 0) is 0 Å². The zero-order chi connectivity index (χ0) is 16.0. The molecule has 4 N–H and O–H groups in total. The number of fused-ring (bicyclic) bond motifs is 3. The molecule has 0 unspecified atom stereocenters. The van der Waals surface area contributed by atoms with Crippen molar-refractivity contribution in [2.75, 3.05) is 5.32 Å². The van der Waals surface area contributed by atoms with Crippen LogP contribution in [0.25, 0.3) is 11.0 Å². The standard InChI is InChI=1S/C15H12N6O2/c16-14-18-13(9-4-3-5-10(8-9)21(22)23)20-12-7-2-1-6-11(12)17-15(20)19-14/h1-8,13H,(H3,16,17,18,19)/p+1/t13-/m0/s1. The third-order valence-corrected chi connectivity index (χ3v) is 3.79. The van der Waals surface area contributed by atoms with Crippen molar-refractivity contribution >= 4 is 28.6 Å². The number of benzene rings is 2. The fourth-order valence-electron chi connectivity index (χ4n) is 2.81. The summed E-state index contributed by atoms with van der Waals surface area (Å²) >= 11 is 0. The predicted octanol–water partition coefficient (Wildman–Crippen LogP) is 1.65. The lowest BCUT2D eigenvalue weighted by atomic mass is 10.1. The largest absolute Gasteiger partial charge is 0.365 e. The lowest BCUT2D eigenvalue weighted by Gasteiger charge is -2.17. The minimum atomic E-state index is -0.470. The second-order valence-electron chi connectivity index (χ2n) is 5.23. The minimum absolute atomic E-state index is 0.0248. The Morgan fingerprint density at radius 2 is 2.04 bits per heavy atom. The molecule has 0 aliphatic carbocycles. The molecule has 0 fully saturated rings.